The summed E-state index contributed by atoms with van der Waals surface area (Å²) in [5.74, 6) is 0.254. The van der Waals surface area contributed by atoms with Crippen LogP contribution in [0.3, 0.4) is 0 Å². The predicted octanol–water partition coefficient (Wildman–Crippen LogP) is 2.37. The van der Waals surface area contributed by atoms with Crippen LogP contribution in [0.4, 0.5) is 0 Å². The Morgan fingerprint density at radius 2 is 1.60 bits per heavy atom. The van der Waals surface area contributed by atoms with Gasteiger partial charge in [0.2, 0.25) is 11.8 Å². The molecule has 1 spiro atoms. The van der Waals surface area contributed by atoms with E-state index in [1.165, 1.54) is 25.7 Å². The average Bonchev–Trinajstić information content (AvgIpc) is 2.73. The van der Waals surface area contributed by atoms with Gasteiger partial charge in [0, 0.05) is 6.04 Å². The van der Waals surface area contributed by atoms with Crippen LogP contribution in [0.2, 0.25) is 0 Å². The van der Waals surface area contributed by atoms with Crippen molar-refractivity contribution in [3.8, 4) is 0 Å². The van der Waals surface area contributed by atoms with Gasteiger partial charge in [-0.25, -0.2) is 0 Å². The third kappa shape index (κ3) is 2.23. The summed E-state index contributed by atoms with van der Waals surface area (Å²) in [5.41, 5.74) is -0.560. The van der Waals surface area contributed by atoms with Crippen molar-refractivity contribution in [3.63, 3.8) is 0 Å². The van der Waals surface area contributed by atoms with Crippen molar-refractivity contribution in [2.75, 3.05) is 0 Å². The Kier molecular flexibility index (Phi) is 3.74. The van der Waals surface area contributed by atoms with Gasteiger partial charge < -0.3 is 10.2 Å². The summed E-state index contributed by atoms with van der Waals surface area (Å²) < 4.78 is 0. The lowest BCUT2D eigenvalue weighted by atomic mass is 9.89. The van der Waals surface area contributed by atoms with E-state index >= 15 is 0 Å². The van der Waals surface area contributed by atoms with Crippen LogP contribution in [0.5, 0.6) is 0 Å². The summed E-state index contributed by atoms with van der Waals surface area (Å²) in [6, 6.07) is -0.0136. The number of piperazine rings is 1. The summed E-state index contributed by atoms with van der Waals surface area (Å²) in [6.07, 6.45) is 10.8. The van der Waals surface area contributed by atoms with Gasteiger partial charge in [-0.15, -0.1) is 0 Å². The minimum atomic E-state index is -0.560. The lowest BCUT2D eigenvalue weighted by Gasteiger charge is -2.46. The fraction of sp³-hybridized carbons (Fsp3) is 0.875. The highest BCUT2D eigenvalue weighted by Gasteiger charge is 2.52. The van der Waals surface area contributed by atoms with Crippen molar-refractivity contribution >= 4 is 11.8 Å². The van der Waals surface area contributed by atoms with Crippen LogP contribution in [0.25, 0.3) is 0 Å². The van der Waals surface area contributed by atoms with Gasteiger partial charge in [0.05, 0.1) is 0 Å². The zero-order chi connectivity index (χ0) is 14.2. The quantitative estimate of drug-likeness (QED) is 0.749. The first kappa shape index (κ1) is 13.9. The maximum atomic E-state index is 13.0. The average molecular weight is 278 g/mol. The molecule has 3 fully saturated rings. The third-order valence-corrected chi connectivity index (χ3v) is 5.48. The van der Waals surface area contributed by atoms with Crippen LogP contribution in [0, 0.1) is 0 Å². The molecule has 2 amide bonds. The molecule has 2 aliphatic carbocycles. The van der Waals surface area contributed by atoms with Crippen molar-refractivity contribution in [2.24, 2.45) is 0 Å². The molecule has 3 aliphatic rings. The van der Waals surface area contributed by atoms with E-state index in [1.807, 2.05) is 11.8 Å². The van der Waals surface area contributed by atoms with Crippen molar-refractivity contribution in [2.45, 2.75) is 88.8 Å². The molecule has 4 heteroatoms. The molecule has 2 saturated carbocycles. The Labute approximate surface area is 121 Å². The molecule has 1 aliphatic heterocycles. The van der Waals surface area contributed by atoms with Crippen LogP contribution in [-0.2, 0) is 9.59 Å². The van der Waals surface area contributed by atoms with Gasteiger partial charge in [-0.1, -0.05) is 38.5 Å². The molecule has 4 nitrogen and oxygen atoms in total. The summed E-state index contributed by atoms with van der Waals surface area (Å²) >= 11 is 0. The van der Waals surface area contributed by atoms with Crippen molar-refractivity contribution < 1.29 is 9.59 Å². The zero-order valence-corrected chi connectivity index (χ0v) is 12.5. The van der Waals surface area contributed by atoms with E-state index in [0.717, 1.165) is 38.5 Å². The number of hydrogen-bond acceptors (Lipinski definition) is 2. The first-order valence-corrected chi connectivity index (χ1v) is 8.29. The molecule has 1 saturated heterocycles. The van der Waals surface area contributed by atoms with Gasteiger partial charge >= 0.3 is 0 Å². The zero-order valence-electron chi connectivity index (χ0n) is 12.5. The van der Waals surface area contributed by atoms with E-state index in [-0.39, 0.29) is 23.9 Å². The molecule has 0 bridgehead atoms. The predicted molar refractivity (Wildman–Crippen MR) is 77.1 cm³/mol. The second-order valence-corrected chi connectivity index (χ2v) is 6.81. The number of rotatable bonds is 1. The fourth-order valence-electron chi connectivity index (χ4n) is 4.28. The summed E-state index contributed by atoms with van der Waals surface area (Å²) in [4.78, 5) is 27.3. The number of amides is 2. The third-order valence-electron chi connectivity index (χ3n) is 5.48. The molecular formula is C16H26N2O2. The molecule has 20 heavy (non-hydrogen) atoms. The molecule has 1 N–H and O–H groups in total. The van der Waals surface area contributed by atoms with Crippen LogP contribution >= 0.6 is 0 Å². The lowest BCUT2D eigenvalue weighted by molar-refractivity contribution is -0.157. The Bertz CT molecular complexity index is 393. The van der Waals surface area contributed by atoms with Crippen molar-refractivity contribution in [1.29, 1.82) is 0 Å². The second-order valence-electron chi connectivity index (χ2n) is 6.81. The lowest BCUT2D eigenvalue weighted by Crippen LogP contribution is -2.70. The standard InChI is InChI=1S/C16H26N2O2/c1-12-14(19)17-16(10-6-7-11-16)15(20)18(12)13-8-4-2-3-5-9-13/h12-13H,2-11H2,1H3,(H,17,19). The summed E-state index contributed by atoms with van der Waals surface area (Å²) in [6.45, 7) is 1.89. The van der Waals surface area contributed by atoms with E-state index in [2.05, 4.69) is 5.32 Å². The van der Waals surface area contributed by atoms with Crippen LogP contribution in [0.1, 0.15) is 71.1 Å². The topological polar surface area (TPSA) is 49.4 Å². The van der Waals surface area contributed by atoms with Gasteiger partial charge in [0.15, 0.2) is 0 Å². The maximum Gasteiger partial charge on any atom is 0.249 e. The van der Waals surface area contributed by atoms with Crippen molar-refractivity contribution in [3.05, 3.63) is 0 Å². The number of hydrogen-bond donors (Lipinski definition) is 1. The van der Waals surface area contributed by atoms with Gasteiger partial charge in [-0.3, -0.25) is 9.59 Å². The molecule has 0 aromatic rings. The highest BCUT2D eigenvalue weighted by Crippen LogP contribution is 2.37. The smallest absolute Gasteiger partial charge is 0.249 e. The van der Waals surface area contributed by atoms with Gasteiger partial charge in [-0.05, 0) is 32.6 Å². The highest BCUT2D eigenvalue weighted by atomic mass is 16.2. The largest absolute Gasteiger partial charge is 0.340 e. The number of nitrogens with one attached hydrogen (secondary N) is 1. The van der Waals surface area contributed by atoms with Crippen LogP contribution in [0.15, 0.2) is 0 Å². The number of carbonyl (C=O) groups is 2. The molecule has 0 aromatic heterocycles. The Hall–Kier alpha value is -1.06. The van der Waals surface area contributed by atoms with E-state index in [1.54, 1.807) is 0 Å². The number of nitrogens with zero attached hydrogens (tertiary/aromatic N) is 1. The first-order valence-electron chi connectivity index (χ1n) is 8.29. The minimum absolute atomic E-state index is 0.0516. The van der Waals surface area contributed by atoms with E-state index in [4.69, 9.17) is 0 Å². The minimum Gasteiger partial charge on any atom is -0.340 e. The van der Waals surface area contributed by atoms with Gasteiger partial charge in [0.25, 0.3) is 0 Å². The monoisotopic (exact) mass is 278 g/mol. The molecule has 1 heterocycles. The van der Waals surface area contributed by atoms with Gasteiger partial charge in [0.1, 0.15) is 11.6 Å². The summed E-state index contributed by atoms with van der Waals surface area (Å²) in [5, 5.41) is 3.05. The fourth-order valence-corrected chi connectivity index (χ4v) is 4.28. The SMILES string of the molecule is CC1C(=O)NC2(CCCC2)C(=O)N1C1CCCCCC1. The van der Waals surface area contributed by atoms with Crippen molar-refractivity contribution in [1.82, 2.24) is 10.2 Å². The molecule has 3 rings (SSSR count). The van der Waals surface area contributed by atoms with E-state index in [9.17, 15) is 9.59 Å². The molecule has 0 aromatic carbocycles. The Morgan fingerprint density at radius 3 is 2.20 bits per heavy atom. The van der Waals surface area contributed by atoms with E-state index in [0.29, 0.717) is 0 Å². The summed E-state index contributed by atoms with van der Waals surface area (Å²) in [7, 11) is 0. The molecule has 1 unspecified atom stereocenters. The van der Waals surface area contributed by atoms with Crippen LogP contribution in [-0.4, -0.2) is 34.3 Å². The Balaban J connectivity index is 1.85. The Morgan fingerprint density at radius 1 is 1.00 bits per heavy atom. The highest BCUT2D eigenvalue weighted by molar-refractivity contribution is 6.00. The first-order chi connectivity index (χ1) is 9.64. The van der Waals surface area contributed by atoms with Gasteiger partial charge in [-0.2, -0.15) is 0 Å². The maximum absolute atomic E-state index is 13.0. The van der Waals surface area contributed by atoms with E-state index < -0.39 is 5.54 Å². The van der Waals surface area contributed by atoms with Crippen LogP contribution < -0.4 is 5.32 Å². The molecule has 1 atom stereocenters. The molecule has 0 radical (unpaired) electrons. The normalized spacial score (nSPS) is 31.4. The number of carbonyl (C=O) groups excluding carboxylic acids is 2. The molecular weight excluding hydrogens is 252 g/mol. The molecule has 112 valence electrons. The second kappa shape index (κ2) is 5.38.